The first-order valence-electron chi connectivity index (χ1n) is 6.24. The summed E-state index contributed by atoms with van der Waals surface area (Å²) >= 11 is 6.21. The Hall–Kier alpha value is -2.07. The molecule has 0 saturated carbocycles. The van der Waals surface area contributed by atoms with Gasteiger partial charge >= 0.3 is 0 Å². The van der Waals surface area contributed by atoms with E-state index in [1.807, 2.05) is 13.0 Å². The van der Waals surface area contributed by atoms with E-state index in [0.29, 0.717) is 17.0 Å². The Morgan fingerprint density at radius 3 is 2.71 bits per heavy atom. The maximum absolute atomic E-state index is 13.9. The molecule has 1 heterocycles. The molecule has 0 radical (unpaired) electrons. The average molecular weight is 307 g/mol. The molecular weight excluding hydrogens is 294 g/mol. The van der Waals surface area contributed by atoms with Crippen LogP contribution >= 0.6 is 11.6 Å². The fourth-order valence-corrected chi connectivity index (χ4v) is 2.28. The third-order valence-electron chi connectivity index (χ3n) is 3.03. The number of hydrogen-bond acceptors (Lipinski definition) is 2. The Balaban J connectivity index is 2.83. The number of aromatic nitrogens is 1. The van der Waals surface area contributed by atoms with Gasteiger partial charge in [-0.25, -0.2) is 13.8 Å². The number of rotatable bonds is 3. The molecule has 0 spiro atoms. The summed E-state index contributed by atoms with van der Waals surface area (Å²) in [6.45, 7) is 7.06. The van der Waals surface area contributed by atoms with Crippen molar-refractivity contribution in [1.29, 1.82) is 0 Å². The Kier molecular flexibility index (Phi) is 4.48. The van der Waals surface area contributed by atoms with E-state index in [4.69, 9.17) is 11.6 Å². The van der Waals surface area contributed by atoms with Crippen molar-refractivity contribution < 1.29 is 8.78 Å². The summed E-state index contributed by atoms with van der Waals surface area (Å²) in [6.07, 6.45) is 5.30. The largest absolute Gasteiger partial charge is 0.262 e. The molecule has 1 aromatic carbocycles. The first-order chi connectivity index (χ1) is 9.99. The van der Waals surface area contributed by atoms with E-state index in [1.54, 1.807) is 19.1 Å². The maximum atomic E-state index is 13.9. The van der Waals surface area contributed by atoms with Crippen molar-refractivity contribution in [2.75, 3.05) is 0 Å². The van der Waals surface area contributed by atoms with Crippen molar-refractivity contribution in [3.05, 3.63) is 58.3 Å². The van der Waals surface area contributed by atoms with Crippen LogP contribution in [0.15, 0.2) is 35.4 Å². The summed E-state index contributed by atoms with van der Waals surface area (Å²) in [7, 11) is 0. The van der Waals surface area contributed by atoms with Gasteiger partial charge in [0.25, 0.3) is 0 Å². The van der Waals surface area contributed by atoms with Gasteiger partial charge in [-0.3, -0.25) is 4.99 Å². The molecule has 0 N–H and O–H groups in total. The Morgan fingerprint density at radius 1 is 1.38 bits per heavy atom. The molecule has 108 valence electrons. The SMILES string of the molecule is C=N/C(=C\C=C/C)c1nc2cc(F)cc(F)c2c(Cl)c1C. The molecule has 0 aliphatic heterocycles. The van der Waals surface area contributed by atoms with Crippen LogP contribution in [-0.2, 0) is 0 Å². The highest BCUT2D eigenvalue weighted by Crippen LogP contribution is 2.33. The molecule has 0 amide bonds. The number of fused-ring (bicyclic) bond motifs is 1. The van der Waals surface area contributed by atoms with Gasteiger partial charge in [-0.05, 0) is 32.2 Å². The second kappa shape index (κ2) is 6.14. The van der Waals surface area contributed by atoms with Gasteiger partial charge in [0.05, 0.1) is 27.3 Å². The molecular formula is C16H13ClF2N2. The summed E-state index contributed by atoms with van der Waals surface area (Å²) in [4.78, 5) is 8.18. The van der Waals surface area contributed by atoms with Gasteiger partial charge in [-0.1, -0.05) is 23.8 Å². The highest BCUT2D eigenvalue weighted by Gasteiger charge is 2.16. The minimum atomic E-state index is -0.734. The normalized spacial score (nSPS) is 12.3. The second-order valence-electron chi connectivity index (χ2n) is 4.42. The number of benzene rings is 1. The molecule has 5 heteroatoms. The fourth-order valence-electron chi connectivity index (χ4n) is 2.00. The first kappa shape index (κ1) is 15.3. The molecule has 0 aliphatic rings. The maximum Gasteiger partial charge on any atom is 0.137 e. The molecule has 2 rings (SSSR count). The van der Waals surface area contributed by atoms with Crippen LogP contribution in [0.2, 0.25) is 5.02 Å². The van der Waals surface area contributed by atoms with E-state index >= 15 is 0 Å². The fraction of sp³-hybridized carbons (Fsp3) is 0.125. The van der Waals surface area contributed by atoms with Gasteiger partial charge in [0, 0.05) is 12.1 Å². The predicted octanol–water partition coefficient (Wildman–Crippen LogP) is 5.09. The summed E-state index contributed by atoms with van der Waals surface area (Å²) < 4.78 is 27.2. The zero-order valence-electron chi connectivity index (χ0n) is 11.6. The zero-order chi connectivity index (χ0) is 15.6. The van der Waals surface area contributed by atoms with Crippen LogP contribution < -0.4 is 0 Å². The van der Waals surface area contributed by atoms with Crippen molar-refractivity contribution >= 4 is 34.9 Å². The van der Waals surface area contributed by atoms with Crippen LogP contribution in [0.1, 0.15) is 18.2 Å². The smallest absolute Gasteiger partial charge is 0.137 e. The third kappa shape index (κ3) is 2.85. The summed E-state index contributed by atoms with van der Waals surface area (Å²) in [5.41, 5.74) is 1.65. The minimum absolute atomic E-state index is 0.105. The number of allylic oxidation sites excluding steroid dienone is 3. The monoisotopic (exact) mass is 306 g/mol. The van der Waals surface area contributed by atoms with Gasteiger partial charge in [0.2, 0.25) is 0 Å². The minimum Gasteiger partial charge on any atom is -0.262 e. The second-order valence-corrected chi connectivity index (χ2v) is 4.79. The van der Waals surface area contributed by atoms with Gasteiger partial charge in [-0.15, -0.1) is 0 Å². The molecule has 2 aromatic rings. The molecule has 0 atom stereocenters. The van der Waals surface area contributed by atoms with Crippen LogP contribution in [0.5, 0.6) is 0 Å². The summed E-state index contributed by atoms with van der Waals surface area (Å²) in [6, 6.07) is 1.93. The number of hydrogen-bond donors (Lipinski definition) is 0. The van der Waals surface area contributed by atoms with Gasteiger partial charge in [-0.2, -0.15) is 0 Å². The van der Waals surface area contributed by atoms with E-state index in [1.165, 1.54) is 0 Å². The topological polar surface area (TPSA) is 25.2 Å². The molecule has 0 fully saturated rings. The Labute approximate surface area is 126 Å². The Bertz CT molecular complexity index is 780. The zero-order valence-corrected chi connectivity index (χ0v) is 12.4. The van der Waals surface area contributed by atoms with Gasteiger partial charge < -0.3 is 0 Å². The Morgan fingerprint density at radius 2 is 2.10 bits per heavy atom. The lowest BCUT2D eigenvalue weighted by Crippen LogP contribution is -1.97. The average Bonchev–Trinajstić information content (AvgIpc) is 2.43. The summed E-state index contributed by atoms with van der Waals surface area (Å²) in [5.74, 6) is -1.44. The number of halogens is 3. The molecule has 21 heavy (non-hydrogen) atoms. The van der Waals surface area contributed by atoms with Crippen molar-refractivity contribution in [2.24, 2.45) is 4.99 Å². The van der Waals surface area contributed by atoms with Gasteiger partial charge in [0.15, 0.2) is 0 Å². The molecule has 0 aliphatic carbocycles. The quantitative estimate of drug-likeness (QED) is 0.572. The molecule has 1 aromatic heterocycles. The molecule has 0 saturated heterocycles. The standard InChI is InChI=1S/C16H13ClF2N2/c1-4-5-6-12(20-3)16-9(2)15(17)14-11(19)7-10(18)8-13(14)21-16/h4-8H,3H2,1-2H3/b5-4-,12-6-. The van der Waals surface area contributed by atoms with E-state index in [2.05, 4.69) is 16.7 Å². The van der Waals surface area contributed by atoms with E-state index in [9.17, 15) is 8.78 Å². The number of pyridine rings is 1. The first-order valence-corrected chi connectivity index (χ1v) is 6.62. The molecule has 2 nitrogen and oxygen atoms in total. The summed E-state index contributed by atoms with van der Waals surface area (Å²) in [5, 5.41) is 0.302. The van der Waals surface area contributed by atoms with Crippen molar-refractivity contribution in [3.8, 4) is 0 Å². The van der Waals surface area contributed by atoms with E-state index in [0.717, 1.165) is 12.1 Å². The lowest BCUT2D eigenvalue weighted by Gasteiger charge is -2.11. The van der Waals surface area contributed by atoms with Crippen molar-refractivity contribution in [3.63, 3.8) is 0 Å². The number of aliphatic imine (C=N–C) groups is 1. The third-order valence-corrected chi connectivity index (χ3v) is 3.50. The van der Waals surface area contributed by atoms with Crippen LogP contribution in [-0.4, -0.2) is 11.7 Å². The lowest BCUT2D eigenvalue weighted by molar-refractivity contribution is 0.591. The van der Waals surface area contributed by atoms with E-state index in [-0.39, 0.29) is 15.9 Å². The van der Waals surface area contributed by atoms with Crippen LogP contribution in [0.4, 0.5) is 8.78 Å². The predicted molar refractivity (Wildman–Crippen MR) is 83.7 cm³/mol. The highest BCUT2D eigenvalue weighted by atomic mass is 35.5. The highest BCUT2D eigenvalue weighted by molar-refractivity contribution is 6.36. The van der Waals surface area contributed by atoms with Crippen LogP contribution in [0, 0.1) is 18.6 Å². The number of nitrogens with zero attached hydrogens (tertiary/aromatic N) is 2. The van der Waals surface area contributed by atoms with E-state index < -0.39 is 11.6 Å². The van der Waals surface area contributed by atoms with Crippen LogP contribution in [0.3, 0.4) is 0 Å². The molecule has 0 unspecified atom stereocenters. The molecule has 0 bridgehead atoms. The van der Waals surface area contributed by atoms with Crippen LogP contribution in [0.25, 0.3) is 16.6 Å². The van der Waals surface area contributed by atoms with Gasteiger partial charge in [0.1, 0.15) is 11.6 Å². The lowest BCUT2D eigenvalue weighted by atomic mass is 10.1. The van der Waals surface area contributed by atoms with Crippen molar-refractivity contribution in [2.45, 2.75) is 13.8 Å². The van der Waals surface area contributed by atoms with Crippen molar-refractivity contribution in [1.82, 2.24) is 4.98 Å².